The van der Waals surface area contributed by atoms with Crippen LogP contribution in [0.25, 0.3) is 10.8 Å². The van der Waals surface area contributed by atoms with Crippen molar-refractivity contribution in [2.24, 2.45) is 5.10 Å². The summed E-state index contributed by atoms with van der Waals surface area (Å²) in [4.78, 5) is 11.0. The minimum Gasteiger partial charge on any atom is -0.449 e. The van der Waals surface area contributed by atoms with Crippen molar-refractivity contribution in [1.82, 2.24) is 5.43 Å². The number of rotatable bonds is 3. The first-order valence-electron chi connectivity index (χ1n) is 5.74. The van der Waals surface area contributed by atoms with Gasteiger partial charge in [-0.05, 0) is 29.3 Å². The zero-order valence-corrected chi connectivity index (χ0v) is 10.1. The van der Waals surface area contributed by atoms with Gasteiger partial charge in [0.2, 0.25) is 0 Å². The van der Waals surface area contributed by atoms with E-state index in [9.17, 15) is 4.79 Å². The van der Waals surface area contributed by atoms with Gasteiger partial charge >= 0.3 is 6.09 Å². The number of ether oxygens (including phenoxy) is 1. The number of fused-ring (bicyclic) bond motifs is 1. The third-order valence-corrected chi connectivity index (χ3v) is 2.42. The van der Waals surface area contributed by atoms with Crippen molar-refractivity contribution < 1.29 is 9.53 Å². The van der Waals surface area contributed by atoms with E-state index in [2.05, 4.69) is 15.3 Å². The Kier molecular flexibility index (Phi) is 3.91. The van der Waals surface area contributed by atoms with Crippen molar-refractivity contribution in [1.29, 1.82) is 0 Å². The zero-order valence-electron chi connectivity index (χ0n) is 10.1. The molecule has 0 bridgehead atoms. The van der Waals surface area contributed by atoms with Crippen molar-refractivity contribution >= 4 is 23.1 Å². The highest BCUT2D eigenvalue weighted by molar-refractivity contribution is 5.90. The molecule has 18 heavy (non-hydrogen) atoms. The Morgan fingerprint density at radius 1 is 1.28 bits per heavy atom. The number of carbonyl (C=O) groups excluding carboxylic acids is 1. The Bertz CT molecular complexity index is 579. The van der Waals surface area contributed by atoms with Gasteiger partial charge in [-0.1, -0.05) is 36.4 Å². The van der Waals surface area contributed by atoms with Crippen LogP contribution in [-0.4, -0.2) is 18.9 Å². The molecular weight excluding hydrogens is 228 g/mol. The van der Waals surface area contributed by atoms with Gasteiger partial charge in [0.25, 0.3) is 0 Å². The summed E-state index contributed by atoms with van der Waals surface area (Å²) in [6.07, 6.45) is 1.04. The number of nitrogens with zero attached hydrogens (tertiary/aromatic N) is 1. The van der Waals surface area contributed by atoms with Crippen LogP contribution in [0.3, 0.4) is 0 Å². The fourth-order valence-corrected chi connectivity index (χ4v) is 1.61. The molecule has 4 heteroatoms. The van der Waals surface area contributed by atoms with Crippen molar-refractivity contribution in [3.05, 3.63) is 48.0 Å². The molecule has 0 aromatic heterocycles. The average Bonchev–Trinajstić information content (AvgIpc) is 2.39. The van der Waals surface area contributed by atoms with Gasteiger partial charge < -0.3 is 4.74 Å². The molecule has 1 N–H and O–H groups in total. The fourth-order valence-electron chi connectivity index (χ4n) is 1.61. The van der Waals surface area contributed by atoms with Crippen LogP contribution in [0.5, 0.6) is 0 Å². The molecule has 2 aromatic carbocycles. The molecule has 0 radical (unpaired) electrons. The van der Waals surface area contributed by atoms with Gasteiger partial charge in [-0.3, -0.25) is 0 Å². The number of hydrazone groups is 1. The monoisotopic (exact) mass is 242 g/mol. The Labute approximate surface area is 105 Å². The molecule has 0 atom stereocenters. The summed E-state index contributed by atoms with van der Waals surface area (Å²) in [6.45, 7) is 2.07. The minimum absolute atomic E-state index is 0.331. The Morgan fingerprint density at radius 2 is 2.06 bits per heavy atom. The van der Waals surface area contributed by atoms with E-state index >= 15 is 0 Å². The molecule has 0 saturated heterocycles. The van der Waals surface area contributed by atoms with E-state index in [-0.39, 0.29) is 0 Å². The van der Waals surface area contributed by atoms with Gasteiger partial charge in [0, 0.05) is 0 Å². The fraction of sp³-hybridized carbons (Fsp3) is 0.143. The summed E-state index contributed by atoms with van der Waals surface area (Å²) in [5, 5.41) is 6.13. The zero-order chi connectivity index (χ0) is 12.8. The van der Waals surface area contributed by atoms with Crippen molar-refractivity contribution in [2.75, 3.05) is 6.61 Å². The maximum absolute atomic E-state index is 11.0. The molecule has 92 valence electrons. The SMILES string of the molecule is CCOC(=O)NN=Cc1ccc2ccccc2c1. The van der Waals surface area contributed by atoms with E-state index in [0.717, 1.165) is 10.9 Å². The van der Waals surface area contributed by atoms with Gasteiger partial charge in [-0.2, -0.15) is 5.10 Å². The first-order chi connectivity index (χ1) is 8.79. The number of nitrogens with one attached hydrogen (secondary N) is 1. The lowest BCUT2D eigenvalue weighted by atomic mass is 10.1. The number of benzene rings is 2. The van der Waals surface area contributed by atoms with Crippen LogP contribution < -0.4 is 5.43 Å². The van der Waals surface area contributed by atoms with Gasteiger partial charge in [0.15, 0.2) is 0 Å². The molecule has 0 aliphatic heterocycles. The number of hydrogen-bond donors (Lipinski definition) is 1. The Morgan fingerprint density at radius 3 is 2.83 bits per heavy atom. The van der Waals surface area contributed by atoms with Gasteiger partial charge in [0.05, 0.1) is 12.8 Å². The van der Waals surface area contributed by atoms with Crippen LogP contribution >= 0.6 is 0 Å². The molecule has 0 heterocycles. The largest absolute Gasteiger partial charge is 0.449 e. The highest BCUT2D eigenvalue weighted by atomic mass is 16.5. The standard InChI is InChI=1S/C14H14N2O2/c1-2-18-14(17)16-15-10-11-7-8-12-5-3-4-6-13(12)9-11/h3-10H,2H2,1H3,(H,16,17). The number of carbonyl (C=O) groups is 1. The van der Waals surface area contributed by atoms with Gasteiger partial charge in [-0.25, -0.2) is 10.2 Å². The molecule has 2 rings (SSSR count). The molecule has 1 amide bonds. The van der Waals surface area contributed by atoms with E-state index in [1.807, 2.05) is 42.5 Å². The van der Waals surface area contributed by atoms with E-state index in [4.69, 9.17) is 0 Å². The molecule has 0 aliphatic rings. The van der Waals surface area contributed by atoms with Crippen molar-refractivity contribution in [2.45, 2.75) is 6.92 Å². The van der Waals surface area contributed by atoms with Crippen LogP contribution in [0.15, 0.2) is 47.6 Å². The maximum Gasteiger partial charge on any atom is 0.427 e. The van der Waals surface area contributed by atoms with Crippen LogP contribution in [0.1, 0.15) is 12.5 Å². The van der Waals surface area contributed by atoms with Crippen LogP contribution in [-0.2, 0) is 4.74 Å². The van der Waals surface area contributed by atoms with Crippen molar-refractivity contribution in [3.63, 3.8) is 0 Å². The van der Waals surface area contributed by atoms with E-state index < -0.39 is 6.09 Å². The molecule has 4 nitrogen and oxygen atoms in total. The molecule has 0 aliphatic carbocycles. The minimum atomic E-state index is -0.547. The predicted molar refractivity (Wildman–Crippen MR) is 71.7 cm³/mol. The number of amides is 1. The molecule has 0 saturated carbocycles. The van der Waals surface area contributed by atoms with Gasteiger partial charge in [0.1, 0.15) is 0 Å². The van der Waals surface area contributed by atoms with Crippen LogP contribution in [0.4, 0.5) is 4.79 Å². The third kappa shape index (κ3) is 3.07. The molecule has 0 unspecified atom stereocenters. The predicted octanol–water partition coefficient (Wildman–Crippen LogP) is 2.92. The third-order valence-electron chi connectivity index (χ3n) is 2.42. The highest BCUT2D eigenvalue weighted by Gasteiger charge is 1.96. The Balaban J connectivity index is 2.07. The topological polar surface area (TPSA) is 50.7 Å². The summed E-state index contributed by atoms with van der Waals surface area (Å²) >= 11 is 0. The van der Waals surface area contributed by atoms with E-state index in [0.29, 0.717) is 6.61 Å². The van der Waals surface area contributed by atoms with Crippen molar-refractivity contribution in [3.8, 4) is 0 Å². The Hall–Kier alpha value is -2.36. The lowest BCUT2D eigenvalue weighted by molar-refractivity contribution is 0.152. The summed E-state index contributed by atoms with van der Waals surface area (Å²) in [6, 6.07) is 14.0. The highest BCUT2D eigenvalue weighted by Crippen LogP contribution is 2.14. The normalized spacial score (nSPS) is 10.7. The van der Waals surface area contributed by atoms with Crippen LogP contribution in [0, 0.1) is 0 Å². The summed E-state index contributed by atoms with van der Waals surface area (Å²) < 4.78 is 4.69. The van der Waals surface area contributed by atoms with Crippen LogP contribution in [0.2, 0.25) is 0 Å². The summed E-state index contributed by atoms with van der Waals surface area (Å²) in [5.41, 5.74) is 3.21. The molecule has 0 spiro atoms. The summed E-state index contributed by atoms with van der Waals surface area (Å²) in [7, 11) is 0. The quantitative estimate of drug-likeness (QED) is 0.664. The second-order valence-corrected chi connectivity index (χ2v) is 3.70. The second kappa shape index (κ2) is 5.82. The smallest absolute Gasteiger partial charge is 0.427 e. The van der Waals surface area contributed by atoms with E-state index in [1.54, 1.807) is 13.1 Å². The number of hydrogen-bond acceptors (Lipinski definition) is 3. The first-order valence-corrected chi connectivity index (χ1v) is 5.74. The van der Waals surface area contributed by atoms with Gasteiger partial charge in [-0.15, -0.1) is 0 Å². The average molecular weight is 242 g/mol. The molecule has 0 fully saturated rings. The molecular formula is C14H14N2O2. The van der Waals surface area contributed by atoms with E-state index in [1.165, 1.54) is 5.39 Å². The lowest BCUT2D eigenvalue weighted by Gasteiger charge is -2.00. The summed E-state index contributed by atoms with van der Waals surface area (Å²) in [5.74, 6) is 0. The molecule has 2 aromatic rings. The second-order valence-electron chi connectivity index (χ2n) is 3.70. The lowest BCUT2D eigenvalue weighted by Crippen LogP contribution is -2.18. The maximum atomic E-state index is 11.0. The first kappa shape index (κ1) is 12.1.